The number of rotatable bonds is 7. The molecule has 0 aromatic heterocycles. The molecule has 1 atom stereocenters. The predicted octanol–water partition coefficient (Wildman–Crippen LogP) is 5.72. The van der Waals surface area contributed by atoms with Gasteiger partial charge in [0, 0.05) is 10.2 Å². The second-order valence-corrected chi connectivity index (χ2v) is 7.54. The van der Waals surface area contributed by atoms with Crippen LogP contribution < -0.4 is 10.5 Å². The summed E-state index contributed by atoms with van der Waals surface area (Å²) < 4.78 is 6.69. The molecule has 0 aliphatic carbocycles. The topological polar surface area (TPSA) is 47.6 Å². The highest BCUT2D eigenvalue weighted by Gasteiger charge is 2.03. The third kappa shape index (κ3) is 6.21. The third-order valence-electron chi connectivity index (χ3n) is 3.71. The fourth-order valence-corrected chi connectivity index (χ4v) is 3.06. The number of aliphatic imine (C=N–C) groups is 1. The molecule has 0 unspecified atom stereocenters. The van der Waals surface area contributed by atoms with Crippen molar-refractivity contribution in [3.05, 3.63) is 58.6 Å². The molecule has 0 heterocycles. The van der Waals surface area contributed by atoms with Gasteiger partial charge in [0.1, 0.15) is 5.75 Å². The average molecular weight is 407 g/mol. The van der Waals surface area contributed by atoms with Crippen molar-refractivity contribution < 1.29 is 4.74 Å². The van der Waals surface area contributed by atoms with E-state index in [4.69, 9.17) is 10.5 Å². The second kappa shape index (κ2) is 9.74. The molecule has 0 saturated heterocycles. The largest absolute Gasteiger partial charge is 0.493 e. The first-order valence-electron chi connectivity index (χ1n) is 8.03. The van der Waals surface area contributed by atoms with Gasteiger partial charge in [-0.1, -0.05) is 59.7 Å². The highest BCUT2D eigenvalue weighted by atomic mass is 79.9. The Balaban J connectivity index is 1.79. The Hall–Kier alpha value is -1.46. The van der Waals surface area contributed by atoms with E-state index in [2.05, 4.69) is 46.9 Å². The number of ether oxygens (including phenoxy) is 1. The molecular formula is C19H23BrN2OS. The third-order valence-corrected chi connectivity index (χ3v) is 4.96. The van der Waals surface area contributed by atoms with E-state index >= 15 is 0 Å². The minimum absolute atomic E-state index is 0.559. The Morgan fingerprint density at radius 3 is 2.67 bits per heavy atom. The quantitative estimate of drug-likeness (QED) is 0.363. The minimum Gasteiger partial charge on any atom is -0.493 e. The van der Waals surface area contributed by atoms with Gasteiger partial charge in [-0.2, -0.15) is 0 Å². The van der Waals surface area contributed by atoms with Crippen LogP contribution in [-0.2, 0) is 0 Å². The van der Waals surface area contributed by atoms with Gasteiger partial charge in [-0.05, 0) is 48.2 Å². The van der Waals surface area contributed by atoms with Gasteiger partial charge in [0.15, 0.2) is 5.17 Å². The molecule has 24 heavy (non-hydrogen) atoms. The van der Waals surface area contributed by atoms with Gasteiger partial charge in [-0.3, -0.25) is 0 Å². The van der Waals surface area contributed by atoms with Crippen LogP contribution in [0.2, 0.25) is 0 Å². The van der Waals surface area contributed by atoms with Crippen molar-refractivity contribution in [1.82, 2.24) is 0 Å². The molecule has 0 spiro atoms. The Bertz CT molecular complexity index is 673. The van der Waals surface area contributed by atoms with E-state index in [0.29, 0.717) is 17.7 Å². The fraction of sp³-hybridized carbons (Fsp3) is 0.316. The lowest BCUT2D eigenvalue weighted by atomic mass is 9.99. The summed E-state index contributed by atoms with van der Waals surface area (Å²) in [6.45, 7) is 5.01. The molecule has 2 rings (SSSR count). The summed E-state index contributed by atoms with van der Waals surface area (Å²) in [6, 6.07) is 16.1. The first kappa shape index (κ1) is 18.9. The Labute approximate surface area is 156 Å². The van der Waals surface area contributed by atoms with Crippen molar-refractivity contribution in [1.29, 1.82) is 0 Å². The van der Waals surface area contributed by atoms with Crippen LogP contribution in [0.15, 0.2) is 58.0 Å². The average Bonchev–Trinajstić information content (AvgIpc) is 2.59. The van der Waals surface area contributed by atoms with Crippen LogP contribution in [0.25, 0.3) is 0 Å². The lowest BCUT2D eigenvalue weighted by Gasteiger charge is -2.09. The molecule has 0 amide bonds. The first-order chi connectivity index (χ1) is 11.6. The van der Waals surface area contributed by atoms with Gasteiger partial charge in [0.25, 0.3) is 0 Å². The SMILES string of the molecule is CC[C@@H](C)c1ccc(N=C(N)SCCOc2cccc(Br)c2)cc1. The molecule has 2 aromatic rings. The number of benzene rings is 2. The van der Waals surface area contributed by atoms with Gasteiger partial charge < -0.3 is 10.5 Å². The molecule has 5 heteroatoms. The summed E-state index contributed by atoms with van der Waals surface area (Å²) in [6.07, 6.45) is 1.14. The highest BCUT2D eigenvalue weighted by Crippen LogP contribution is 2.22. The molecule has 0 bridgehead atoms. The van der Waals surface area contributed by atoms with E-state index in [0.717, 1.165) is 28.1 Å². The summed E-state index contributed by atoms with van der Waals surface area (Å²) in [5, 5.41) is 0.559. The van der Waals surface area contributed by atoms with Crippen LogP contribution in [0.5, 0.6) is 5.75 Å². The van der Waals surface area contributed by atoms with Gasteiger partial charge in [0.05, 0.1) is 12.3 Å². The van der Waals surface area contributed by atoms with Crippen molar-refractivity contribution in [3.8, 4) is 5.75 Å². The number of nitrogens with zero attached hydrogens (tertiary/aromatic N) is 1. The summed E-state index contributed by atoms with van der Waals surface area (Å²) in [4.78, 5) is 4.44. The van der Waals surface area contributed by atoms with Crippen molar-refractivity contribution >= 4 is 38.5 Å². The zero-order valence-electron chi connectivity index (χ0n) is 14.0. The molecule has 0 fully saturated rings. The summed E-state index contributed by atoms with van der Waals surface area (Å²) in [5.74, 6) is 2.18. The Morgan fingerprint density at radius 2 is 2.00 bits per heavy atom. The molecule has 2 N–H and O–H groups in total. The van der Waals surface area contributed by atoms with Crippen molar-refractivity contribution in [2.24, 2.45) is 10.7 Å². The first-order valence-corrected chi connectivity index (χ1v) is 9.81. The van der Waals surface area contributed by atoms with Crippen LogP contribution in [0.4, 0.5) is 5.69 Å². The molecule has 0 aliphatic rings. The zero-order valence-corrected chi connectivity index (χ0v) is 16.4. The molecule has 2 aromatic carbocycles. The maximum absolute atomic E-state index is 5.98. The van der Waals surface area contributed by atoms with Gasteiger partial charge >= 0.3 is 0 Å². The molecular weight excluding hydrogens is 384 g/mol. The molecule has 0 saturated carbocycles. The normalized spacial score (nSPS) is 12.9. The van der Waals surface area contributed by atoms with Crippen LogP contribution in [-0.4, -0.2) is 17.5 Å². The maximum atomic E-state index is 5.98. The number of halogens is 1. The van der Waals surface area contributed by atoms with E-state index in [-0.39, 0.29) is 0 Å². The smallest absolute Gasteiger partial charge is 0.159 e. The summed E-state index contributed by atoms with van der Waals surface area (Å²) in [7, 11) is 0. The summed E-state index contributed by atoms with van der Waals surface area (Å²) in [5.41, 5.74) is 8.21. The number of amidine groups is 1. The van der Waals surface area contributed by atoms with E-state index in [1.807, 2.05) is 36.4 Å². The van der Waals surface area contributed by atoms with Crippen molar-refractivity contribution in [2.75, 3.05) is 12.4 Å². The van der Waals surface area contributed by atoms with Crippen LogP contribution >= 0.6 is 27.7 Å². The van der Waals surface area contributed by atoms with Crippen LogP contribution in [0.1, 0.15) is 31.7 Å². The maximum Gasteiger partial charge on any atom is 0.159 e. The van der Waals surface area contributed by atoms with E-state index < -0.39 is 0 Å². The molecule has 3 nitrogen and oxygen atoms in total. The van der Waals surface area contributed by atoms with Crippen molar-refractivity contribution in [2.45, 2.75) is 26.2 Å². The van der Waals surface area contributed by atoms with Crippen LogP contribution in [0, 0.1) is 0 Å². The number of hydrogen-bond donors (Lipinski definition) is 1. The lowest BCUT2D eigenvalue weighted by Crippen LogP contribution is -2.10. The predicted molar refractivity (Wildman–Crippen MR) is 109 cm³/mol. The highest BCUT2D eigenvalue weighted by molar-refractivity contribution is 9.10. The van der Waals surface area contributed by atoms with E-state index in [1.54, 1.807) is 0 Å². The number of hydrogen-bond acceptors (Lipinski definition) is 3. The van der Waals surface area contributed by atoms with Crippen molar-refractivity contribution in [3.63, 3.8) is 0 Å². The standard InChI is InChI=1S/C19H23BrN2OS/c1-3-14(2)15-7-9-17(10-8-15)22-19(21)24-12-11-23-18-6-4-5-16(20)13-18/h4-10,13-14H,3,11-12H2,1-2H3,(H2,21,22)/t14-/m1/s1. The molecule has 128 valence electrons. The van der Waals surface area contributed by atoms with Gasteiger partial charge in [0.2, 0.25) is 0 Å². The second-order valence-electron chi connectivity index (χ2n) is 5.51. The van der Waals surface area contributed by atoms with Gasteiger partial charge in [-0.25, -0.2) is 4.99 Å². The zero-order chi connectivity index (χ0) is 17.4. The van der Waals surface area contributed by atoms with Crippen LogP contribution in [0.3, 0.4) is 0 Å². The van der Waals surface area contributed by atoms with Gasteiger partial charge in [-0.15, -0.1) is 0 Å². The van der Waals surface area contributed by atoms with E-state index in [1.165, 1.54) is 17.3 Å². The summed E-state index contributed by atoms with van der Waals surface area (Å²) >= 11 is 4.93. The molecule has 0 radical (unpaired) electrons. The molecule has 0 aliphatic heterocycles. The van der Waals surface area contributed by atoms with E-state index in [9.17, 15) is 0 Å². The Kier molecular flexibility index (Phi) is 7.66. The Morgan fingerprint density at radius 1 is 1.25 bits per heavy atom. The minimum atomic E-state index is 0.559. The number of nitrogens with two attached hydrogens (primary N) is 1. The lowest BCUT2D eigenvalue weighted by molar-refractivity contribution is 0.344. The fourth-order valence-electron chi connectivity index (χ4n) is 2.14. The monoisotopic (exact) mass is 406 g/mol. The number of thioether (sulfide) groups is 1.